The SMILES string of the molecule is CSc1cc(C(=O)N=C(C)N)nc2c(N3CCOCC3)nc(-n3cccn3)nc12. The van der Waals surface area contributed by atoms with Gasteiger partial charge in [-0.1, -0.05) is 0 Å². The van der Waals surface area contributed by atoms with E-state index in [9.17, 15) is 4.79 Å². The van der Waals surface area contributed by atoms with Crippen molar-refractivity contribution >= 4 is 40.4 Å². The Labute approximate surface area is 171 Å². The molecule has 0 radical (unpaired) electrons. The molecular weight excluding hydrogens is 392 g/mol. The monoisotopic (exact) mass is 412 g/mol. The summed E-state index contributed by atoms with van der Waals surface area (Å²) in [5, 5.41) is 4.25. The van der Waals surface area contributed by atoms with Gasteiger partial charge in [0.1, 0.15) is 22.6 Å². The molecule has 0 saturated carbocycles. The van der Waals surface area contributed by atoms with Gasteiger partial charge in [0.2, 0.25) is 0 Å². The number of aliphatic imine (C=N–C) groups is 1. The number of nitrogens with two attached hydrogens (primary N) is 1. The standard InChI is InChI=1S/C18H20N8O2S/c1-11(19)21-17(27)12-10-13(29-2)14-15(22-12)16(25-6-8-28-9-7-25)24-18(23-14)26-5-3-4-20-26/h3-5,10H,6-9H2,1-2H3,(H2,19,21,27). The Morgan fingerprint density at radius 2 is 2.03 bits per heavy atom. The van der Waals surface area contributed by atoms with Crippen LogP contribution in [0, 0.1) is 0 Å². The summed E-state index contributed by atoms with van der Waals surface area (Å²) in [4.78, 5) is 33.2. The fraction of sp³-hybridized carbons (Fsp3) is 0.333. The molecule has 0 aliphatic carbocycles. The number of carbonyl (C=O) groups is 1. The van der Waals surface area contributed by atoms with Gasteiger partial charge in [0.05, 0.1) is 13.2 Å². The zero-order valence-electron chi connectivity index (χ0n) is 16.1. The molecule has 29 heavy (non-hydrogen) atoms. The molecule has 150 valence electrons. The number of carbonyl (C=O) groups excluding carboxylic acids is 1. The fourth-order valence-corrected chi connectivity index (χ4v) is 3.58. The molecule has 0 atom stereocenters. The van der Waals surface area contributed by atoms with Crippen LogP contribution in [0.2, 0.25) is 0 Å². The summed E-state index contributed by atoms with van der Waals surface area (Å²) in [7, 11) is 0. The van der Waals surface area contributed by atoms with E-state index in [0.717, 1.165) is 4.90 Å². The topological polar surface area (TPSA) is 124 Å². The van der Waals surface area contributed by atoms with Crippen LogP contribution >= 0.6 is 11.8 Å². The molecule has 4 heterocycles. The molecule has 2 N–H and O–H groups in total. The maximum atomic E-state index is 12.5. The minimum Gasteiger partial charge on any atom is -0.387 e. The van der Waals surface area contributed by atoms with Gasteiger partial charge in [-0.15, -0.1) is 11.8 Å². The predicted molar refractivity (Wildman–Crippen MR) is 111 cm³/mol. The zero-order chi connectivity index (χ0) is 20.4. The number of pyridine rings is 1. The summed E-state index contributed by atoms with van der Waals surface area (Å²) in [5.74, 6) is 0.769. The predicted octanol–water partition coefficient (Wildman–Crippen LogP) is 1.29. The average Bonchev–Trinajstić information content (AvgIpc) is 3.27. The second kappa shape index (κ2) is 8.13. The number of amidine groups is 1. The lowest BCUT2D eigenvalue weighted by Crippen LogP contribution is -2.37. The first kappa shape index (κ1) is 19.3. The second-order valence-electron chi connectivity index (χ2n) is 6.36. The Hall–Kier alpha value is -3.05. The van der Waals surface area contributed by atoms with E-state index in [0.29, 0.717) is 49.1 Å². The normalized spacial score (nSPS) is 15.1. The van der Waals surface area contributed by atoms with E-state index >= 15 is 0 Å². The van der Waals surface area contributed by atoms with E-state index < -0.39 is 5.91 Å². The first-order chi connectivity index (χ1) is 14.1. The number of rotatable bonds is 4. The van der Waals surface area contributed by atoms with Crippen LogP contribution < -0.4 is 10.6 Å². The summed E-state index contributed by atoms with van der Waals surface area (Å²) in [6.07, 6.45) is 5.38. The highest BCUT2D eigenvalue weighted by Crippen LogP contribution is 2.31. The molecule has 0 unspecified atom stereocenters. The van der Waals surface area contributed by atoms with Crippen LogP contribution in [0.25, 0.3) is 17.0 Å². The summed E-state index contributed by atoms with van der Waals surface area (Å²) < 4.78 is 7.08. The maximum Gasteiger partial charge on any atom is 0.297 e. The molecular formula is C18H20N8O2S. The molecule has 3 aromatic heterocycles. The van der Waals surface area contributed by atoms with Gasteiger partial charge in [0.25, 0.3) is 11.9 Å². The quantitative estimate of drug-likeness (QED) is 0.383. The Morgan fingerprint density at radius 3 is 2.69 bits per heavy atom. The van der Waals surface area contributed by atoms with E-state index in [1.807, 2.05) is 12.3 Å². The Balaban J connectivity index is 1.96. The number of amides is 1. The lowest BCUT2D eigenvalue weighted by atomic mass is 10.2. The van der Waals surface area contributed by atoms with Crippen molar-refractivity contribution < 1.29 is 9.53 Å². The number of ether oxygens (including phenoxy) is 1. The molecule has 11 heteroatoms. The van der Waals surface area contributed by atoms with Crippen molar-refractivity contribution in [3.05, 3.63) is 30.2 Å². The summed E-state index contributed by atoms with van der Waals surface area (Å²) in [6.45, 7) is 4.08. The second-order valence-corrected chi connectivity index (χ2v) is 7.21. The molecule has 4 rings (SSSR count). The van der Waals surface area contributed by atoms with Gasteiger partial charge < -0.3 is 15.4 Å². The Morgan fingerprint density at radius 1 is 1.24 bits per heavy atom. The lowest BCUT2D eigenvalue weighted by Gasteiger charge is -2.28. The Bertz CT molecular complexity index is 1070. The van der Waals surface area contributed by atoms with Gasteiger partial charge >= 0.3 is 0 Å². The van der Waals surface area contributed by atoms with Crippen LogP contribution in [0.4, 0.5) is 5.82 Å². The maximum absolute atomic E-state index is 12.5. The van der Waals surface area contributed by atoms with Crippen molar-refractivity contribution in [1.29, 1.82) is 0 Å². The third kappa shape index (κ3) is 3.91. The van der Waals surface area contributed by atoms with Crippen LogP contribution in [0.5, 0.6) is 0 Å². The number of hydrogen-bond acceptors (Lipinski definition) is 8. The number of morpholine rings is 1. The van der Waals surface area contributed by atoms with Gasteiger partial charge in [-0.3, -0.25) is 4.79 Å². The number of anilines is 1. The minimum atomic E-state index is -0.494. The molecule has 1 amide bonds. The van der Waals surface area contributed by atoms with Crippen LogP contribution in [0.1, 0.15) is 17.4 Å². The smallest absolute Gasteiger partial charge is 0.297 e. The molecule has 1 fully saturated rings. The molecule has 1 aliphatic rings. The van der Waals surface area contributed by atoms with Crippen molar-refractivity contribution in [2.75, 3.05) is 37.5 Å². The van der Waals surface area contributed by atoms with Crippen molar-refractivity contribution in [2.24, 2.45) is 10.7 Å². The van der Waals surface area contributed by atoms with E-state index in [1.165, 1.54) is 11.8 Å². The van der Waals surface area contributed by atoms with Crippen LogP contribution in [0.15, 0.2) is 34.4 Å². The first-order valence-electron chi connectivity index (χ1n) is 9.01. The fourth-order valence-electron chi connectivity index (χ4n) is 3.02. The van der Waals surface area contributed by atoms with Gasteiger partial charge in [-0.05, 0) is 25.3 Å². The highest BCUT2D eigenvalue weighted by molar-refractivity contribution is 7.98. The van der Waals surface area contributed by atoms with Gasteiger partial charge in [-0.25, -0.2) is 14.6 Å². The lowest BCUT2D eigenvalue weighted by molar-refractivity contribution is 0.0998. The molecule has 0 bridgehead atoms. The molecule has 0 aromatic carbocycles. The number of hydrogen-bond donors (Lipinski definition) is 1. The number of nitrogens with zero attached hydrogens (tertiary/aromatic N) is 7. The minimum absolute atomic E-state index is 0.182. The van der Waals surface area contributed by atoms with Crippen molar-refractivity contribution in [2.45, 2.75) is 11.8 Å². The summed E-state index contributed by atoms with van der Waals surface area (Å²) in [5.41, 5.74) is 6.98. The zero-order valence-corrected chi connectivity index (χ0v) is 16.9. The highest BCUT2D eigenvalue weighted by atomic mass is 32.2. The van der Waals surface area contributed by atoms with E-state index in [1.54, 1.807) is 30.1 Å². The molecule has 1 saturated heterocycles. The van der Waals surface area contributed by atoms with E-state index in [2.05, 4.69) is 25.0 Å². The summed E-state index contributed by atoms with van der Waals surface area (Å²) >= 11 is 1.47. The molecule has 10 nitrogen and oxygen atoms in total. The first-order valence-corrected chi connectivity index (χ1v) is 10.2. The highest BCUT2D eigenvalue weighted by Gasteiger charge is 2.22. The van der Waals surface area contributed by atoms with Crippen LogP contribution in [0.3, 0.4) is 0 Å². The van der Waals surface area contributed by atoms with Crippen LogP contribution in [-0.2, 0) is 4.74 Å². The molecule has 1 aliphatic heterocycles. The van der Waals surface area contributed by atoms with Crippen molar-refractivity contribution in [1.82, 2.24) is 24.7 Å². The molecule has 3 aromatic rings. The number of fused-ring (bicyclic) bond motifs is 1. The average molecular weight is 412 g/mol. The number of aromatic nitrogens is 5. The van der Waals surface area contributed by atoms with E-state index in [-0.39, 0.29) is 11.5 Å². The number of thioether (sulfide) groups is 1. The van der Waals surface area contributed by atoms with E-state index in [4.69, 9.17) is 15.5 Å². The Kier molecular flexibility index (Phi) is 5.41. The summed E-state index contributed by atoms with van der Waals surface area (Å²) in [6, 6.07) is 3.50. The van der Waals surface area contributed by atoms with Crippen molar-refractivity contribution in [3.8, 4) is 5.95 Å². The van der Waals surface area contributed by atoms with Crippen LogP contribution in [-0.4, -0.2) is 69.0 Å². The van der Waals surface area contributed by atoms with Crippen molar-refractivity contribution in [3.63, 3.8) is 0 Å². The third-order valence-electron chi connectivity index (χ3n) is 4.32. The van der Waals surface area contributed by atoms with Gasteiger partial charge in [0, 0.05) is 30.4 Å². The van der Waals surface area contributed by atoms with Gasteiger partial charge in [-0.2, -0.15) is 15.1 Å². The molecule has 0 spiro atoms. The van der Waals surface area contributed by atoms with Gasteiger partial charge in [0.15, 0.2) is 5.82 Å². The third-order valence-corrected chi connectivity index (χ3v) is 5.08. The largest absolute Gasteiger partial charge is 0.387 e.